The minimum Gasteiger partial charge on any atom is -0.360 e. The van der Waals surface area contributed by atoms with Gasteiger partial charge in [0.1, 0.15) is 5.76 Å². The van der Waals surface area contributed by atoms with Gasteiger partial charge in [-0.15, -0.1) is 23.1 Å². The number of thioether (sulfide) groups is 1. The molecule has 0 aliphatic heterocycles. The van der Waals surface area contributed by atoms with Gasteiger partial charge in [-0.25, -0.2) is 0 Å². The topological polar surface area (TPSA) is 84.2 Å². The van der Waals surface area contributed by atoms with Crippen molar-refractivity contribution in [2.45, 2.75) is 26.3 Å². The van der Waals surface area contributed by atoms with Gasteiger partial charge in [0, 0.05) is 10.9 Å². The molecule has 1 atom stereocenters. The van der Waals surface area contributed by atoms with E-state index < -0.39 is 0 Å². The molecule has 2 aromatic heterocycles. The molecule has 2 heterocycles. The maximum atomic E-state index is 12.0. The van der Waals surface area contributed by atoms with E-state index in [1.54, 1.807) is 24.3 Å². The summed E-state index contributed by atoms with van der Waals surface area (Å²) in [5, 5.41) is 11.3. The minimum absolute atomic E-state index is 0.0371. The molecule has 0 saturated carbocycles. The van der Waals surface area contributed by atoms with Crippen molar-refractivity contribution in [1.82, 2.24) is 10.5 Å². The van der Waals surface area contributed by atoms with Gasteiger partial charge in [0.15, 0.2) is 5.82 Å². The number of rotatable bonds is 8. The monoisotopic (exact) mass is 353 g/mol. The smallest absolute Gasteiger partial charge is 0.235 e. The first-order valence-electron chi connectivity index (χ1n) is 7.22. The van der Waals surface area contributed by atoms with E-state index in [4.69, 9.17) is 4.52 Å². The molecule has 0 saturated heterocycles. The zero-order chi connectivity index (χ0) is 16.7. The van der Waals surface area contributed by atoms with Crippen molar-refractivity contribution in [3.8, 4) is 0 Å². The fourth-order valence-corrected chi connectivity index (χ4v) is 3.43. The summed E-state index contributed by atoms with van der Waals surface area (Å²) in [6.07, 6.45) is 0.836. The van der Waals surface area contributed by atoms with Crippen molar-refractivity contribution in [1.29, 1.82) is 0 Å². The number of thiophene rings is 1. The van der Waals surface area contributed by atoms with Crippen LogP contribution in [0.4, 0.5) is 5.82 Å². The molecule has 2 amide bonds. The van der Waals surface area contributed by atoms with Gasteiger partial charge in [0.25, 0.3) is 0 Å². The van der Waals surface area contributed by atoms with Crippen LogP contribution in [0.25, 0.3) is 0 Å². The zero-order valence-electron chi connectivity index (χ0n) is 13.0. The van der Waals surface area contributed by atoms with E-state index in [2.05, 4.69) is 15.8 Å². The Kier molecular flexibility index (Phi) is 6.66. The molecular weight excluding hydrogens is 334 g/mol. The summed E-state index contributed by atoms with van der Waals surface area (Å²) < 4.78 is 4.86. The second kappa shape index (κ2) is 8.73. The molecule has 0 fully saturated rings. The van der Waals surface area contributed by atoms with Gasteiger partial charge in [-0.1, -0.05) is 18.1 Å². The number of carbonyl (C=O) groups is 2. The number of carbonyl (C=O) groups excluding carboxylic acids is 2. The van der Waals surface area contributed by atoms with E-state index in [9.17, 15) is 9.59 Å². The normalized spacial score (nSPS) is 11.9. The Morgan fingerprint density at radius 3 is 2.78 bits per heavy atom. The number of aryl methyl sites for hydroxylation is 1. The molecule has 0 unspecified atom stereocenters. The maximum Gasteiger partial charge on any atom is 0.235 e. The number of nitrogens with zero attached hydrogens (tertiary/aromatic N) is 1. The standard InChI is InChI=1S/C15H19N3O3S2/c1-3-11(12-5-4-6-23-12)16-14(19)8-22-9-15(20)17-13-7-10(2)21-18-13/h4-7,11H,3,8-9H2,1-2H3,(H,16,19)(H,17,18,20)/t11-/m0/s1. The van der Waals surface area contributed by atoms with E-state index in [0.29, 0.717) is 11.6 Å². The van der Waals surface area contributed by atoms with Gasteiger partial charge in [-0.3, -0.25) is 9.59 Å². The molecule has 0 aromatic carbocycles. The summed E-state index contributed by atoms with van der Waals surface area (Å²) >= 11 is 2.89. The molecule has 0 aliphatic rings. The Balaban J connectivity index is 1.69. The van der Waals surface area contributed by atoms with Gasteiger partial charge >= 0.3 is 0 Å². The Hall–Kier alpha value is -1.80. The van der Waals surface area contributed by atoms with Crippen molar-refractivity contribution in [3.05, 3.63) is 34.2 Å². The number of hydrogen-bond donors (Lipinski definition) is 2. The van der Waals surface area contributed by atoms with Gasteiger partial charge in [-0.2, -0.15) is 0 Å². The Morgan fingerprint density at radius 1 is 1.39 bits per heavy atom. The molecule has 0 bridgehead atoms. The third kappa shape index (κ3) is 5.72. The third-order valence-corrected chi connectivity index (χ3v) is 4.91. The molecule has 23 heavy (non-hydrogen) atoms. The molecule has 8 heteroatoms. The Bertz CT molecular complexity index is 640. The summed E-state index contributed by atoms with van der Waals surface area (Å²) in [5.41, 5.74) is 0. The first kappa shape index (κ1) is 17.6. The average molecular weight is 353 g/mol. The first-order chi connectivity index (χ1) is 11.1. The molecule has 0 spiro atoms. The largest absolute Gasteiger partial charge is 0.360 e. The van der Waals surface area contributed by atoms with Gasteiger partial charge in [-0.05, 0) is 24.8 Å². The van der Waals surface area contributed by atoms with Crippen molar-refractivity contribution >= 4 is 40.7 Å². The van der Waals surface area contributed by atoms with Crippen LogP contribution in [0.15, 0.2) is 28.1 Å². The Labute approximate surface area is 143 Å². The van der Waals surface area contributed by atoms with Crippen LogP contribution in [-0.2, 0) is 9.59 Å². The van der Waals surface area contributed by atoms with Crippen molar-refractivity contribution in [2.75, 3.05) is 16.8 Å². The van der Waals surface area contributed by atoms with Gasteiger partial charge < -0.3 is 15.2 Å². The number of anilines is 1. The van der Waals surface area contributed by atoms with Crippen molar-refractivity contribution in [3.63, 3.8) is 0 Å². The Morgan fingerprint density at radius 2 is 2.17 bits per heavy atom. The molecule has 0 radical (unpaired) electrons. The molecule has 6 nitrogen and oxygen atoms in total. The quantitative estimate of drug-likeness (QED) is 0.762. The molecule has 124 valence electrons. The summed E-state index contributed by atoms with van der Waals surface area (Å²) in [6, 6.07) is 5.66. The third-order valence-electron chi connectivity index (χ3n) is 2.99. The lowest BCUT2D eigenvalue weighted by Crippen LogP contribution is -2.29. The van der Waals surface area contributed by atoms with Gasteiger partial charge in [0.05, 0.1) is 17.5 Å². The second-order valence-electron chi connectivity index (χ2n) is 4.91. The average Bonchev–Trinajstić information content (AvgIpc) is 3.16. The van der Waals surface area contributed by atoms with E-state index >= 15 is 0 Å². The fourth-order valence-electron chi connectivity index (χ4n) is 1.94. The van der Waals surface area contributed by atoms with Gasteiger partial charge in [0.2, 0.25) is 11.8 Å². The van der Waals surface area contributed by atoms with Crippen LogP contribution >= 0.6 is 23.1 Å². The summed E-state index contributed by atoms with van der Waals surface area (Å²) in [6.45, 7) is 3.78. The van der Waals surface area contributed by atoms with E-state index in [0.717, 1.165) is 11.3 Å². The van der Waals surface area contributed by atoms with E-state index in [1.165, 1.54) is 11.8 Å². The molecule has 2 aromatic rings. The van der Waals surface area contributed by atoms with Crippen LogP contribution in [-0.4, -0.2) is 28.5 Å². The molecule has 2 N–H and O–H groups in total. The molecule has 0 aliphatic carbocycles. The predicted molar refractivity (Wildman–Crippen MR) is 92.7 cm³/mol. The second-order valence-corrected chi connectivity index (χ2v) is 6.87. The fraction of sp³-hybridized carbons (Fsp3) is 0.400. The summed E-state index contributed by atoms with van der Waals surface area (Å²) in [7, 11) is 0. The highest BCUT2D eigenvalue weighted by atomic mass is 32.2. The molecular formula is C15H19N3O3S2. The van der Waals surface area contributed by atoms with E-state index in [1.807, 2.05) is 24.4 Å². The van der Waals surface area contributed by atoms with Crippen LogP contribution in [0, 0.1) is 6.92 Å². The number of amides is 2. The minimum atomic E-state index is -0.207. The predicted octanol–water partition coefficient (Wildman–Crippen LogP) is 2.98. The summed E-state index contributed by atoms with van der Waals surface area (Å²) in [5.74, 6) is 1.18. The number of aromatic nitrogens is 1. The number of hydrogen-bond acceptors (Lipinski definition) is 6. The van der Waals surface area contributed by atoms with Crippen LogP contribution in [0.1, 0.15) is 30.0 Å². The highest BCUT2D eigenvalue weighted by molar-refractivity contribution is 8.00. The van der Waals surface area contributed by atoms with Crippen molar-refractivity contribution in [2.24, 2.45) is 0 Å². The lowest BCUT2D eigenvalue weighted by molar-refractivity contribution is -0.119. The maximum absolute atomic E-state index is 12.0. The lowest BCUT2D eigenvalue weighted by atomic mass is 10.2. The SMILES string of the molecule is CC[C@H](NC(=O)CSCC(=O)Nc1cc(C)on1)c1cccs1. The first-order valence-corrected chi connectivity index (χ1v) is 9.25. The summed E-state index contributed by atoms with van der Waals surface area (Å²) in [4.78, 5) is 24.8. The zero-order valence-corrected chi connectivity index (χ0v) is 14.6. The number of nitrogens with one attached hydrogen (secondary N) is 2. The molecule has 2 rings (SSSR count). The van der Waals surface area contributed by atoms with Crippen LogP contribution in [0.2, 0.25) is 0 Å². The highest BCUT2D eigenvalue weighted by Crippen LogP contribution is 2.21. The highest BCUT2D eigenvalue weighted by Gasteiger charge is 2.14. The lowest BCUT2D eigenvalue weighted by Gasteiger charge is -2.15. The van der Waals surface area contributed by atoms with E-state index in [-0.39, 0.29) is 29.4 Å². The van der Waals surface area contributed by atoms with Crippen LogP contribution < -0.4 is 10.6 Å². The van der Waals surface area contributed by atoms with Crippen LogP contribution in [0.5, 0.6) is 0 Å². The van der Waals surface area contributed by atoms with Crippen LogP contribution in [0.3, 0.4) is 0 Å². The van der Waals surface area contributed by atoms with Crippen molar-refractivity contribution < 1.29 is 14.1 Å².